The van der Waals surface area contributed by atoms with Crippen molar-refractivity contribution in [1.82, 2.24) is 9.97 Å². The van der Waals surface area contributed by atoms with E-state index in [9.17, 15) is 5.11 Å². The number of rotatable bonds is 2. The van der Waals surface area contributed by atoms with Crippen molar-refractivity contribution in [3.05, 3.63) is 29.5 Å². The lowest BCUT2D eigenvalue weighted by atomic mass is 9.99. The van der Waals surface area contributed by atoms with Gasteiger partial charge in [0.2, 0.25) is 0 Å². The Hall–Kier alpha value is -1.68. The molecule has 0 aromatic carbocycles. The Balaban J connectivity index is 1.96. The molecule has 2 aromatic heterocycles. The highest BCUT2D eigenvalue weighted by Gasteiger charge is 2.20. The normalized spacial score (nSPS) is 19.6. The largest absolute Gasteiger partial charge is 0.396 e. The maximum Gasteiger partial charge on any atom is 0.162 e. The fourth-order valence-corrected chi connectivity index (χ4v) is 3.02. The Kier molecular flexibility index (Phi) is 3.57. The number of aromatic nitrogens is 2. The van der Waals surface area contributed by atoms with Gasteiger partial charge < -0.3 is 10.0 Å². The monoisotopic (exact) mass is 271 g/mol. The van der Waals surface area contributed by atoms with Crippen molar-refractivity contribution in [3.8, 4) is 0 Å². The van der Waals surface area contributed by atoms with Crippen molar-refractivity contribution < 1.29 is 5.11 Å². The molecule has 0 amide bonds. The molecule has 1 saturated heterocycles. The van der Waals surface area contributed by atoms with Gasteiger partial charge in [-0.25, -0.2) is 9.97 Å². The van der Waals surface area contributed by atoms with Crippen LogP contribution in [-0.2, 0) is 0 Å². The third-order valence-electron chi connectivity index (χ3n) is 4.09. The van der Waals surface area contributed by atoms with E-state index in [-0.39, 0.29) is 6.61 Å². The van der Waals surface area contributed by atoms with Gasteiger partial charge in [0, 0.05) is 30.8 Å². The van der Waals surface area contributed by atoms with Crippen LogP contribution in [0.2, 0.25) is 0 Å². The number of nitrogens with zero attached hydrogens (tertiary/aromatic N) is 3. The lowest BCUT2D eigenvalue weighted by molar-refractivity contribution is 0.208. The second-order valence-corrected chi connectivity index (χ2v) is 5.76. The molecule has 0 aliphatic carbocycles. The van der Waals surface area contributed by atoms with Crippen LogP contribution >= 0.6 is 0 Å². The molecule has 4 heteroatoms. The minimum absolute atomic E-state index is 0.264. The molecule has 0 radical (unpaired) electrons. The van der Waals surface area contributed by atoms with Crippen LogP contribution < -0.4 is 4.90 Å². The van der Waals surface area contributed by atoms with Crippen molar-refractivity contribution >= 4 is 16.9 Å². The minimum Gasteiger partial charge on any atom is -0.396 e. The molecule has 1 aliphatic rings. The third kappa shape index (κ3) is 2.48. The molecule has 1 fully saturated rings. The Morgan fingerprint density at radius 3 is 2.95 bits per heavy atom. The van der Waals surface area contributed by atoms with Gasteiger partial charge in [-0.1, -0.05) is 0 Å². The number of aryl methyl sites for hydroxylation is 2. The van der Waals surface area contributed by atoms with E-state index in [1.54, 1.807) is 0 Å². The number of anilines is 1. The zero-order chi connectivity index (χ0) is 14.1. The van der Waals surface area contributed by atoms with Gasteiger partial charge in [-0.3, -0.25) is 0 Å². The van der Waals surface area contributed by atoms with Crippen molar-refractivity contribution in [2.24, 2.45) is 5.92 Å². The number of fused-ring (bicyclic) bond motifs is 1. The van der Waals surface area contributed by atoms with E-state index in [0.29, 0.717) is 5.92 Å². The number of hydrogen-bond acceptors (Lipinski definition) is 4. The SMILES string of the molecule is Cc1cc(C)c2ccc(N3CCCC(CO)C3)nc2n1. The van der Waals surface area contributed by atoms with E-state index in [1.807, 2.05) is 6.92 Å². The molecule has 3 heterocycles. The van der Waals surface area contributed by atoms with E-state index in [1.165, 1.54) is 5.56 Å². The molecule has 1 atom stereocenters. The zero-order valence-electron chi connectivity index (χ0n) is 12.1. The van der Waals surface area contributed by atoms with E-state index in [2.05, 4.69) is 35.0 Å². The first-order chi connectivity index (χ1) is 9.67. The van der Waals surface area contributed by atoms with Gasteiger partial charge in [-0.05, 0) is 56.4 Å². The van der Waals surface area contributed by atoms with Crippen molar-refractivity contribution in [3.63, 3.8) is 0 Å². The molecule has 4 nitrogen and oxygen atoms in total. The highest BCUT2D eigenvalue weighted by atomic mass is 16.3. The summed E-state index contributed by atoms with van der Waals surface area (Å²) in [5.74, 6) is 1.35. The molecule has 0 saturated carbocycles. The Labute approximate surface area is 119 Å². The first kappa shape index (κ1) is 13.3. The van der Waals surface area contributed by atoms with E-state index in [0.717, 1.165) is 48.5 Å². The lowest BCUT2D eigenvalue weighted by Crippen LogP contribution is -2.37. The maximum absolute atomic E-state index is 9.34. The lowest BCUT2D eigenvalue weighted by Gasteiger charge is -2.32. The quantitative estimate of drug-likeness (QED) is 0.911. The van der Waals surface area contributed by atoms with Crippen LogP contribution in [0, 0.1) is 19.8 Å². The topological polar surface area (TPSA) is 49.2 Å². The number of aliphatic hydroxyl groups is 1. The summed E-state index contributed by atoms with van der Waals surface area (Å²) in [7, 11) is 0. The van der Waals surface area contributed by atoms with E-state index >= 15 is 0 Å². The van der Waals surface area contributed by atoms with Crippen LogP contribution in [0.4, 0.5) is 5.82 Å². The summed E-state index contributed by atoms with van der Waals surface area (Å²) < 4.78 is 0. The molecule has 2 aromatic rings. The Morgan fingerprint density at radius 1 is 1.30 bits per heavy atom. The minimum atomic E-state index is 0.264. The summed E-state index contributed by atoms with van der Waals surface area (Å²) >= 11 is 0. The second-order valence-electron chi connectivity index (χ2n) is 5.76. The average molecular weight is 271 g/mol. The Bertz CT molecular complexity index is 626. The second kappa shape index (κ2) is 5.37. The smallest absolute Gasteiger partial charge is 0.162 e. The molecule has 1 aliphatic heterocycles. The van der Waals surface area contributed by atoms with Gasteiger partial charge >= 0.3 is 0 Å². The molecule has 1 N–H and O–H groups in total. The molecule has 0 bridgehead atoms. The van der Waals surface area contributed by atoms with E-state index < -0.39 is 0 Å². The first-order valence-electron chi connectivity index (χ1n) is 7.28. The summed E-state index contributed by atoms with van der Waals surface area (Å²) in [4.78, 5) is 11.5. The van der Waals surface area contributed by atoms with Gasteiger partial charge in [0.05, 0.1) is 0 Å². The van der Waals surface area contributed by atoms with E-state index in [4.69, 9.17) is 4.98 Å². The molecule has 3 rings (SSSR count). The summed E-state index contributed by atoms with van der Waals surface area (Å²) in [6, 6.07) is 6.28. The number of piperidine rings is 1. The average Bonchev–Trinajstić information content (AvgIpc) is 2.46. The highest BCUT2D eigenvalue weighted by Crippen LogP contribution is 2.24. The fraction of sp³-hybridized carbons (Fsp3) is 0.500. The molecular formula is C16H21N3O. The van der Waals surface area contributed by atoms with Crippen molar-refractivity contribution in [2.75, 3.05) is 24.6 Å². The third-order valence-corrected chi connectivity index (χ3v) is 4.09. The molecule has 20 heavy (non-hydrogen) atoms. The van der Waals surface area contributed by atoms with Crippen molar-refractivity contribution in [2.45, 2.75) is 26.7 Å². The van der Waals surface area contributed by atoms with Crippen LogP contribution in [0.1, 0.15) is 24.1 Å². The molecule has 0 spiro atoms. The predicted octanol–water partition coefficient (Wildman–Crippen LogP) is 2.46. The van der Waals surface area contributed by atoms with Crippen molar-refractivity contribution in [1.29, 1.82) is 0 Å². The molecule has 1 unspecified atom stereocenters. The van der Waals surface area contributed by atoms with Crippen LogP contribution in [0.5, 0.6) is 0 Å². The van der Waals surface area contributed by atoms with Crippen LogP contribution in [0.3, 0.4) is 0 Å². The maximum atomic E-state index is 9.34. The summed E-state index contributed by atoms with van der Waals surface area (Å²) in [5.41, 5.74) is 3.05. The van der Waals surface area contributed by atoms with Gasteiger partial charge in [0.1, 0.15) is 5.82 Å². The van der Waals surface area contributed by atoms with Gasteiger partial charge in [-0.2, -0.15) is 0 Å². The number of pyridine rings is 2. The van der Waals surface area contributed by atoms with Crippen LogP contribution in [0.25, 0.3) is 11.0 Å². The summed E-state index contributed by atoms with van der Waals surface area (Å²) in [6.07, 6.45) is 2.22. The summed E-state index contributed by atoms with van der Waals surface area (Å²) in [6.45, 7) is 6.27. The molecular weight excluding hydrogens is 250 g/mol. The zero-order valence-corrected chi connectivity index (χ0v) is 12.1. The first-order valence-corrected chi connectivity index (χ1v) is 7.28. The number of hydrogen-bond donors (Lipinski definition) is 1. The number of aliphatic hydroxyl groups excluding tert-OH is 1. The van der Waals surface area contributed by atoms with Gasteiger partial charge in [-0.15, -0.1) is 0 Å². The van der Waals surface area contributed by atoms with Gasteiger partial charge in [0.25, 0.3) is 0 Å². The molecule has 106 valence electrons. The Morgan fingerprint density at radius 2 is 2.15 bits per heavy atom. The highest BCUT2D eigenvalue weighted by molar-refractivity contribution is 5.80. The fourth-order valence-electron chi connectivity index (χ4n) is 3.02. The van der Waals surface area contributed by atoms with Crippen LogP contribution in [-0.4, -0.2) is 34.8 Å². The standard InChI is InChI=1S/C16H21N3O/c1-11-8-12(2)17-16-14(11)5-6-15(18-16)19-7-3-4-13(9-19)10-20/h5-6,8,13,20H,3-4,7,9-10H2,1-2H3. The summed E-state index contributed by atoms with van der Waals surface area (Å²) in [5, 5.41) is 10.5. The van der Waals surface area contributed by atoms with Crippen LogP contribution in [0.15, 0.2) is 18.2 Å². The predicted molar refractivity (Wildman–Crippen MR) is 81.0 cm³/mol. The van der Waals surface area contributed by atoms with Gasteiger partial charge in [0.15, 0.2) is 5.65 Å².